The number of hydrogen-bond acceptors (Lipinski definition) is 4. The summed E-state index contributed by atoms with van der Waals surface area (Å²) in [5.41, 5.74) is 4.00. The Morgan fingerprint density at radius 3 is 2.54 bits per heavy atom. The molecule has 0 spiro atoms. The van der Waals surface area contributed by atoms with Gasteiger partial charge in [-0.1, -0.05) is 11.6 Å². The summed E-state index contributed by atoms with van der Waals surface area (Å²) in [7, 11) is 0. The number of alkyl halides is 2. The molecule has 2 aromatic rings. The third-order valence-electron chi connectivity index (χ3n) is 3.72. The predicted octanol–water partition coefficient (Wildman–Crippen LogP) is 3.84. The monoisotopic (exact) mass is 348 g/mol. The molecule has 2 aromatic heterocycles. The first-order valence-electron chi connectivity index (χ1n) is 7.41. The number of aryl methyl sites for hydroxylation is 2. The molecule has 0 aliphatic carbocycles. The van der Waals surface area contributed by atoms with Gasteiger partial charge in [-0.05, 0) is 37.1 Å². The summed E-state index contributed by atoms with van der Waals surface area (Å²) in [5.74, 6) is 0.576. The fourth-order valence-electron chi connectivity index (χ4n) is 2.79. The summed E-state index contributed by atoms with van der Waals surface area (Å²) in [5, 5.41) is 0.459. The first-order chi connectivity index (χ1) is 11.4. The minimum absolute atomic E-state index is 0.182. The van der Waals surface area contributed by atoms with E-state index in [1.165, 1.54) is 18.5 Å². The summed E-state index contributed by atoms with van der Waals surface area (Å²) in [6.45, 7) is 4.07. The summed E-state index contributed by atoms with van der Waals surface area (Å²) in [6, 6.07) is 1.93. The second-order valence-corrected chi connectivity index (χ2v) is 6.04. The van der Waals surface area contributed by atoms with Gasteiger partial charge in [0.25, 0.3) is 6.43 Å². The molecule has 0 fully saturated rings. The molecule has 0 unspecified atom stereocenters. The van der Waals surface area contributed by atoms with Gasteiger partial charge in [-0.3, -0.25) is 9.98 Å². The average Bonchev–Trinajstić information content (AvgIpc) is 2.99. The van der Waals surface area contributed by atoms with E-state index in [-0.39, 0.29) is 12.3 Å². The van der Waals surface area contributed by atoms with Crippen LogP contribution in [0.4, 0.5) is 8.78 Å². The lowest BCUT2D eigenvalue weighted by Gasteiger charge is -2.13. The normalized spacial score (nSPS) is 14.1. The number of rotatable bonds is 4. The van der Waals surface area contributed by atoms with Gasteiger partial charge in [0.2, 0.25) is 0 Å². The van der Waals surface area contributed by atoms with Crippen LogP contribution < -0.4 is 0 Å². The second-order valence-electron chi connectivity index (χ2n) is 5.61. The Morgan fingerprint density at radius 1 is 1.21 bits per heavy atom. The number of aliphatic imine (C=N–C) groups is 1. The quantitative estimate of drug-likeness (QED) is 0.843. The molecule has 4 nitrogen and oxygen atoms in total. The fourth-order valence-corrected chi connectivity index (χ4v) is 2.89. The zero-order valence-electron chi connectivity index (χ0n) is 13.2. The van der Waals surface area contributed by atoms with Crippen LogP contribution in [-0.4, -0.2) is 33.6 Å². The predicted molar refractivity (Wildman–Crippen MR) is 89.8 cm³/mol. The average molecular weight is 349 g/mol. The SMILES string of the molecule is Cc1cc(C)c(C2=CC(C(F)F)=NC2)c(Cc2ncc(Cl)cn2)n1. The van der Waals surface area contributed by atoms with Gasteiger partial charge in [0, 0.05) is 23.7 Å². The van der Waals surface area contributed by atoms with Crippen LogP contribution in [0.2, 0.25) is 5.02 Å². The molecule has 3 heterocycles. The molecule has 0 saturated heterocycles. The van der Waals surface area contributed by atoms with Crippen molar-refractivity contribution in [1.29, 1.82) is 0 Å². The molecule has 0 bridgehead atoms. The van der Waals surface area contributed by atoms with Gasteiger partial charge < -0.3 is 0 Å². The van der Waals surface area contributed by atoms with E-state index in [9.17, 15) is 8.78 Å². The minimum Gasteiger partial charge on any atom is -0.279 e. The van der Waals surface area contributed by atoms with Gasteiger partial charge in [0.05, 0.1) is 23.7 Å². The molecule has 24 heavy (non-hydrogen) atoms. The van der Waals surface area contributed by atoms with E-state index < -0.39 is 6.43 Å². The minimum atomic E-state index is -2.57. The largest absolute Gasteiger partial charge is 0.279 e. The summed E-state index contributed by atoms with van der Waals surface area (Å²) in [6.07, 6.45) is 2.34. The Hall–Kier alpha value is -2.21. The zero-order valence-corrected chi connectivity index (χ0v) is 14.0. The number of allylic oxidation sites excluding steroid dienone is 1. The number of halogens is 3. The summed E-state index contributed by atoms with van der Waals surface area (Å²) < 4.78 is 25.7. The van der Waals surface area contributed by atoms with Gasteiger partial charge in [-0.2, -0.15) is 0 Å². The van der Waals surface area contributed by atoms with Crippen LogP contribution >= 0.6 is 11.6 Å². The zero-order chi connectivity index (χ0) is 17.3. The molecule has 0 aromatic carbocycles. The summed E-state index contributed by atoms with van der Waals surface area (Å²) in [4.78, 5) is 16.9. The molecule has 1 aliphatic heterocycles. The Bertz CT molecular complexity index is 829. The third kappa shape index (κ3) is 3.48. The second kappa shape index (κ2) is 6.73. The maximum Gasteiger partial charge on any atom is 0.279 e. The first-order valence-corrected chi connectivity index (χ1v) is 7.79. The van der Waals surface area contributed by atoms with Gasteiger partial charge in [-0.25, -0.2) is 18.7 Å². The lowest BCUT2D eigenvalue weighted by Crippen LogP contribution is -2.07. The van der Waals surface area contributed by atoms with Crippen molar-refractivity contribution in [3.8, 4) is 0 Å². The highest BCUT2D eigenvalue weighted by atomic mass is 35.5. The molecule has 0 atom stereocenters. The highest BCUT2D eigenvalue weighted by Crippen LogP contribution is 2.28. The van der Waals surface area contributed by atoms with E-state index >= 15 is 0 Å². The highest BCUT2D eigenvalue weighted by Gasteiger charge is 2.22. The van der Waals surface area contributed by atoms with Crippen molar-refractivity contribution in [2.45, 2.75) is 26.7 Å². The maximum atomic E-state index is 12.9. The Kier molecular flexibility index (Phi) is 4.66. The van der Waals surface area contributed by atoms with Crippen molar-refractivity contribution >= 4 is 22.9 Å². The van der Waals surface area contributed by atoms with Crippen molar-refractivity contribution in [3.63, 3.8) is 0 Å². The molecule has 0 amide bonds. The van der Waals surface area contributed by atoms with Gasteiger partial charge in [-0.15, -0.1) is 0 Å². The lowest BCUT2D eigenvalue weighted by molar-refractivity contribution is 0.227. The Balaban J connectivity index is 2.00. The van der Waals surface area contributed by atoms with E-state index in [1.807, 2.05) is 19.9 Å². The van der Waals surface area contributed by atoms with Crippen LogP contribution in [0.3, 0.4) is 0 Å². The van der Waals surface area contributed by atoms with Gasteiger partial charge in [0.1, 0.15) is 11.5 Å². The van der Waals surface area contributed by atoms with Crippen LogP contribution in [0.1, 0.15) is 28.3 Å². The molecule has 0 radical (unpaired) electrons. The van der Waals surface area contributed by atoms with Gasteiger partial charge >= 0.3 is 0 Å². The molecular formula is C17H15ClF2N4. The van der Waals surface area contributed by atoms with Crippen LogP contribution in [0, 0.1) is 13.8 Å². The maximum absolute atomic E-state index is 12.9. The topological polar surface area (TPSA) is 51.0 Å². The molecule has 1 aliphatic rings. The Morgan fingerprint density at radius 2 is 1.92 bits per heavy atom. The highest BCUT2D eigenvalue weighted by molar-refractivity contribution is 6.30. The number of pyridine rings is 1. The lowest BCUT2D eigenvalue weighted by atomic mass is 9.96. The number of hydrogen-bond donors (Lipinski definition) is 0. The van der Waals surface area contributed by atoms with Crippen molar-refractivity contribution in [3.05, 3.63) is 57.9 Å². The number of aromatic nitrogens is 3. The molecule has 124 valence electrons. The van der Waals surface area contributed by atoms with Crippen molar-refractivity contribution in [2.24, 2.45) is 4.99 Å². The van der Waals surface area contributed by atoms with E-state index in [1.54, 1.807) is 0 Å². The molecule has 0 N–H and O–H groups in total. The Labute approximate surface area is 143 Å². The van der Waals surface area contributed by atoms with Crippen molar-refractivity contribution < 1.29 is 8.78 Å². The van der Waals surface area contributed by atoms with E-state index in [0.717, 1.165) is 28.1 Å². The van der Waals surface area contributed by atoms with E-state index in [2.05, 4.69) is 19.9 Å². The molecular weight excluding hydrogens is 334 g/mol. The summed E-state index contributed by atoms with van der Waals surface area (Å²) >= 11 is 5.81. The standard InChI is InChI=1S/C17H15ClF2N4/c1-9-3-10(2)24-13(5-15-22-7-12(18)8-23-15)16(9)11-4-14(17(19)20)21-6-11/h3-4,7-8,17H,5-6H2,1-2H3. The van der Waals surface area contributed by atoms with Crippen LogP contribution in [0.15, 0.2) is 29.5 Å². The first kappa shape index (κ1) is 16.6. The number of nitrogens with zero attached hydrogens (tertiary/aromatic N) is 4. The van der Waals surface area contributed by atoms with Crippen LogP contribution in [-0.2, 0) is 6.42 Å². The van der Waals surface area contributed by atoms with Gasteiger partial charge in [0.15, 0.2) is 0 Å². The van der Waals surface area contributed by atoms with Crippen LogP contribution in [0.5, 0.6) is 0 Å². The van der Waals surface area contributed by atoms with E-state index in [0.29, 0.717) is 17.3 Å². The molecule has 0 saturated carbocycles. The van der Waals surface area contributed by atoms with Crippen LogP contribution in [0.25, 0.3) is 5.57 Å². The molecule has 7 heteroatoms. The van der Waals surface area contributed by atoms with Crippen molar-refractivity contribution in [2.75, 3.05) is 6.54 Å². The molecule has 3 rings (SSSR count). The smallest absolute Gasteiger partial charge is 0.279 e. The van der Waals surface area contributed by atoms with E-state index in [4.69, 9.17) is 11.6 Å². The third-order valence-corrected chi connectivity index (χ3v) is 3.91. The van der Waals surface area contributed by atoms with Crippen molar-refractivity contribution in [1.82, 2.24) is 15.0 Å². The fraction of sp³-hybridized carbons (Fsp3) is 0.294.